The van der Waals surface area contributed by atoms with E-state index < -0.39 is 0 Å². The van der Waals surface area contributed by atoms with Crippen LogP contribution < -0.4 is 4.74 Å². The molecule has 2 aliphatic rings. The van der Waals surface area contributed by atoms with Crippen molar-refractivity contribution < 1.29 is 14.6 Å². The van der Waals surface area contributed by atoms with Crippen molar-refractivity contribution in [2.75, 3.05) is 0 Å². The molecule has 0 unspecified atom stereocenters. The predicted octanol–water partition coefficient (Wildman–Crippen LogP) is 7.10. The molecular weight excluding hydrogens is 428 g/mol. The van der Waals surface area contributed by atoms with Gasteiger partial charge in [0.25, 0.3) is 0 Å². The van der Waals surface area contributed by atoms with E-state index in [1.54, 1.807) is 0 Å². The number of carbonyl (C=O) groups excluding carboxylic acids is 1. The first-order valence-corrected chi connectivity index (χ1v) is 11.0. The van der Waals surface area contributed by atoms with Crippen molar-refractivity contribution in [3.8, 4) is 11.5 Å². The summed E-state index contributed by atoms with van der Waals surface area (Å²) in [6.45, 7) is 8.40. The zero-order valence-electron chi connectivity index (χ0n) is 17.4. The van der Waals surface area contributed by atoms with Crippen LogP contribution in [0.1, 0.15) is 51.7 Å². The molecular formula is C25H27BrO3. The Balaban J connectivity index is 1.81. The largest absolute Gasteiger partial charge is 0.511 e. The van der Waals surface area contributed by atoms with Crippen molar-refractivity contribution in [2.45, 2.75) is 47.0 Å². The maximum Gasteiger partial charge on any atom is 0.170 e. The van der Waals surface area contributed by atoms with Gasteiger partial charge in [0.15, 0.2) is 5.78 Å². The Morgan fingerprint density at radius 2 is 1.76 bits per heavy atom. The number of halogens is 1. The van der Waals surface area contributed by atoms with Gasteiger partial charge in [0.05, 0.1) is 5.57 Å². The number of hydrogen-bond acceptors (Lipinski definition) is 3. The molecule has 1 saturated carbocycles. The van der Waals surface area contributed by atoms with Crippen LogP contribution >= 0.6 is 15.9 Å². The number of carbonyl (C=O) groups is 1. The molecule has 0 heterocycles. The van der Waals surface area contributed by atoms with Crippen molar-refractivity contribution in [3.63, 3.8) is 0 Å². The van der Waals surface area contributed by atoms with Crippen molar-refractivity contribution in [2.24, 2.45) is 16.7 Å². The van der Waals surface area contributed by atoms with Crippen molar-refractivity contribution in [1.29, 1.82) is 0 Å². The average molecular weight is 455 g/mol. The zero-order valence-corrected chi connectivity index (χ0v) is 19.0. The van der Waals surface area contributed by atoms with Gasteiger partial charge in [0.2, 0.25) is 0 Å². The van der Waals surface area contributed by atoms with E-state index in [9.17, 15) is 9.90 Å². The van der Waals surface area contributed by atoms with E-state index in [0.717, 1.165) is 40.6 Å². The van der Waals surface area contributed by atoms with Gasteiger partial charge in [0, 0.05) is 15.8 Å². The number of rotatable bonds is 4. The highest BCUT2D eigenvalue weighted by atomic mass is 79.9. The first-order valence-electron chi connectivity index (χ1n) is 10.2. The molecule has 2 bridgehead atoms. The third-order valence-electron chi connectivity index (χ3n) is 7.33. The molecule has 0 radical (unpaired) electrons. The van der Waals surface area contributed by atoms with Crippen LogP contribution in [0.3, 0.4) is 0 Å². The summed E-state index contributed by atoms with van der Waals surface area (Å²) in [5.74, 6) is 1.65. The van der Waals surface area contributed by atoms with E-state index in [2.05, 4.69) is 43.6 Å². The second-order valence-electron chi connectivity index (χ2n) is 8.96. The molecule has 0 saturated heterocycles. The summed E-state index contributed by atoms with van der Waals surface area (Å²) in [5, 5.41) is 11.3. The van der Waals surface area contributed by atoms with Crippen LogP contribution in [0, 0.1) is 16.7 Å². The summed E-state index contributed by atoms with van der Waals surface area (Å²) in [4.78, 5) is 13.5. The zero-order chi connectivity index (χ0) is 21.0. The number of fused-ring (bicyclic) bond motifs is 2. The van der Waals surface area contributed by atoms with E-state index >= 15 is 0 Å². The molecule has 2 aliphatic carbocycles. The van der Waals surface area contributed by atoms with Crippen LogP contribution in [0.5, 0.6) is 11.5 Å². The molecule has 2 atom stereocenters. The minimum atomic E-state index is -0.380. The SMILES string of the molecule is CCc1ccc(Oc2ccc(Br)cc2)cc1C1=C(O)[C@@]2(C)CC[C@@H](C1=O)C2(C)C. The lowest BCUT2D eigenvalue weighted by Crippen LogP contribution is -2.43. The monoisotopic (exact) mass is 454 g/mol. The quantitative estimate of drug-likeness (QED) is 0.535. The topological polar surface area (TPSA) is 46.5 Å². The fourth-order valence-corrected chi connectivity index (χ4v) is 5.27. The first-order chi connectivity index (χ1) is 13.7. The van der Waals surface area contributed by atoms with Gasteiger partial charge in [-0.2, -0.15) is 0 Å². The van der Waals surface area contributed by atoms with Crippen molar-refractivity contribution in [1.82, 2.24) is 0 Å². The fraction of sp³-hybridized carbons (Fsp3) is 0.400. The Hall–Kier alpha value is -2.07. The van der Waals surface area contributed by atoms with Gasteiger partial charge in [-0.25, -0.2) is 0 Å². The Morgan fingerprint density at radius 1 is 1.10 bits per heavy atom. The normalized spacial score (nSPS) is 25.4. The minimum Gasteiger partial charge on any atom is -0.511 e. The number of ketones is 1. The van der Waals surface area contributed by atoms with Crippen LogP contribution in [0.2, 0.25) is 0 Å². The number of ether oxygens (including phenoxy) is 1. The highest BCUT2D eigenvalue weighted by molar-refractivity contribution is 9.10. The van der Waals surface area contributed by atoms with Crippen LogP contribution in [0.25, 0.3) is 5.57 Å². The number of aliphatic hydroxyl groups excluding tert-OH is 1. The number of Topliss-reactive ketones (excluding diaryl/α,β-unsaturated/α-hetero) is 1. The van der Waals surface area contributed by atoms with E-state index in [1.165, 1.54) is 0 Å². The third-order valence-corrected chi connectivity index (χ3v) is 7.86. The van der Waals surface area contributed by atoms with Gasteiger partial charge in [-0.15, -0.1) is 0 Å². The molecule has 0 aromatic heterocycles. The maximum absolute atomic E-state index is 13.5. The van der Waals surface area contributed by atoms with Gasteiger partial charge < -0.3 is 9.84 Å². The van der Waals surface area contributed by atoms with Crippen molar-refractivity contribution in [3.05, 3.63) is 63.8 Å². The molecule has 1 N–H and O–H groups in total. The number of aliphatic hydroxyl groups is 1. The summed E-state index contributed by atoms with van der Waals surface area (Å²) in [5.41, 5.74) is 1.72. The smallest absolute Gasteiger partial charge is 0.170 e. The first kappa shape index (κ1) is 20.2. The molecule has 2 aromatic carbocycles. The summed E-state index contributed by atoms with van der Waals surface area (Å²) in [6, 6.07) is 13.5. The van der Waals surface area contributed by atoms with Crippen molar-refractivity contribution >= 4 is 27.3 Å². The third kappa shape index (κ3) is 3.04. The second kappa shape index (κ2) is 7.02. The van der Waals surface area contributed by atoms with Gasteiger partial charge in [-0.3, -0.25) is 4.79 Å². The lowest BCUT2D eigenvalue weighted by Gasteiger charge is -2.45. The standard InChI is InChI=1S/C25H27BrO3/c1-5-15-6-9-18(29-17-10-7-16(26)8-11-17)14-19(15)21-22(27)20-12-13-25(4,23(21)28)24(20,2)3/h6-11,14,20,28H,5,12-13H2,1-4H3/t20-,25+/m0/s1. The van der Waals surface area contributed by atoms with Crippen LogP contribution in [0.4, 0.5) is 0 Å². The van der Waals surface area contributed by atoms with Gasteiger partial charge >= 0.3 is 0 Å². The molecule has 1 fully saturated rings. The minimum absolute atomic E-state index is 0.0563. The summed E-state index contributed by atoms with van der Waals surface area (Å²) in [6.07, 6.45) is 2.44. The Kier molecular flexibility index (Phi) is 4.89. The highest BCUT2D eigenvalue weighted by Crippen LogP contribution is 2.64. The molecule has 4 heteroatoms. The van der Waals surface area contributed by atoms with Crippen LogP contribution in [-0.2, 0) is 11.2 Å². The van der Waals surface area contributed by atoms with E-state index in [4.69, 9.17) is 4.74 Å². The predicted molar refractivity (Wildman–Crippen MR) is 119 cm³/mol. The molecule has 152 valence electrons. The molecule has 0 spiro atoms. The second-order valence-corrected chi connectivity index (χ2v) is 9.88. The molecule has 0 aliphatic heterocycles. The lowest BCUT2D eigenvalue weighted by atomic mass is 9.58. The van der Waals surface area contributed by atoms with Gasteiger partial charge in [0.1, 0.15) is 17.3 Å². The molecule has 3 nitrogen and oxygen atoms in total. The highest BCUT2D eigenvalue weighted by Gasteiger charge is 2.61. The van der Waals surface area contributed by atoms with E-state index in [1.807, 2.05) is 42.5 Å². The number of allylic oxidation sites excluding steroid dienone is 2. The summed E-state index contributed by atoms with van der Waals surface area (Å²) >= 11 is 3.43. The lowest BCUT2D eigenvalue weighted by molar-refractivity contribution is -0.122. The molecule has 29 heavy (non-hydrogen) atoms. The van der Waals surface area contributed by atoms with Crippen LogP contribution in [-0.4, -0.2) is 10.9 Å². The number of benzene rings is 2. The Labute approximate surface area is 180 Å². The van der Waals surface area contributed by atoms with Gasteiger partial charge in [-0.05, 0) is 72.2 Å². The van der Waals surface area contributed by atoms with E-state index in [-0.39, 0.29) is 28.3 Å². The summed E-state index contributed by atoms with van der Waals surface area (Å²) < 4.78 is 7.02. The van der Waals surface area contributed by atoms with Crippen LogP contribution in [0.15, 0.2) is 52.7 Å². The molecule has 0 amide bonds. The number of aryl methyl sites for hydroxylation is 1. The molecule has 4 rings (SSSR count). The molecule has 2 aromatic rings. The number of hydrogen-bond donors (Lipinski definition) is 1. The maximum atomic E-state index is 13.5. The van der Waals surface area contributed by atoms with Gasteiger partial charge in [-0.1, -0.05) is 49.7 Å². The Bertz CT molecular complexity index is 1000. The fourth-order valence-electron chi connectivity index (χ4n) is 5.01. The summed E-state index contributed by atoms with van der Waals surface area (Å²) in [7, 11) is 0. The Morgan fingerprint density at radius 3 is 2.41 bits per heavy atom. The average Bonchev–Trinajstić information content (AvgIpc) is 2.87. The van der Waals surface area contributed by atoms with E-state index in [0.29, 0.717) is 11.3 Å².